The minimum atomic E-state index is -0.522. The molecule has 0 heterocycles. The summed E-state index contributed by atoms with van der Waals surface area (Å²) >= 11 is 1.24. The van der Waals surface area contributed by atoms with E-state index in [4.69, 9.17) is 5.73 Å². The zero-order chi connectivity index (χ0) is 19.1. The average Bonchev–Trinajstić information content (AvgIpc) is 2.62. The second-order valence-electron chi connectivity index (χ2n) is 5.80. The Hall–Kier alpha value is -2.80. The standard InChI is InChI=1S/C19H21N3O3S/c1-12-3-7-15(8-4-12)21-17(23)11-26-13(2)19(25)22-16-9-5-14(6-10-16)18(20)24/h3-10,13H,11H2,1-2H3,(H2,20,24)(H,21,23)(H,22,25)/t13-/m1/s1. The fraction of sp³-hybridized carbons (Fsp3) is 0.211. The number of amides is 3. The molecule has 26 heavy (non-hydrogen) atoms. The summed E-state index contributed by atoms with van der Waals surface area (Å²) in [5.41, 5.74) is 7.96. The minimum absolute atomic E-state index is 0.163. The van der Waals surface area contributed by atoms with Gasteiger partial charge in [0.2, 0.25) is 17.7 Å². The third-order valence-corrected chi connectivity index (χ3v) is 4.75. The summed E-state index contributed by atoms with van der Waals surface area (Å²) in [6, 6.07) is 13.8. The number of nitrogens with two attached hydrogens (primary N) is 1. The fourth-order valence-corrected chi connectivity index (χ4v) is 2.76. The molecule has 0 unspecified atom stereocenters. The van der Waals surface area contributed by atoms with Gasteiger partial charge in [-0.25, -0.2) is 0 Å². The largest absolute Gasteiger partial charge is 0.366 e. The molecule has 0 fully saturated rings. The van der Waals surface area contributed by atoms with Gasteiger partial charge in [0.05, 0.1) is 11.0 Å². The Morgan fingerprint density at radius 1 is 0.962 bits per heavy atom. The van der Waals surface area contributed by atoms with E-state index < -0.39 is 11.2 Å². The number of nitrogens with one attached hydrogen (secondary N) is 2. The monoisotopic (exact) mass is 371 g/mol. The van der Waals surface area contributed by atoms with Crippen LogP contribution in [0, 0.1) is 6.92 Å². The highest BCUT2D eigenvalue weighted by molar-refractivity contribution is 8.01. The van der Waals surface area contributed by atoms with E-state index in [-0.39, 0.29) is 17.6 Å². The van der Waals surface area contributed by atoms with Crippen molar-refractivity contribution >= 4 is 40.9 Å². The minimum Gasteiger partial charge on any atom is -0.366 e. The SMILES string of the molecule is Cc1ccc(NC(=O)CS[C@H](C)C(=O)Nc2ccc(C(N)=O)cc2)cc1. The van der Waals surface area contributed by atoms with Crippen molar-refractivity contribution in [3.8, 4) is 0 Å². The van der Waals surface area contributed by atoms with Gasteiger partial charge in [-0.3, -0.25) is 14.4 Å². The van der Waals surface area contributed by atoms with Crippen LogP contribution in [-0.4, -0.2) is 28.7 Å². The van der Waals surface area contributed by atoms with Crippen LogP contribution in [0.4, 0.5) is 11.4 Å². The van der Waals surface area contributed by atoms with Crippen molar-refractivity contribution < 1.29 is 14.4 Å². The summed E-state index contributed by atoms with van der Waals surface area (Å²) in [5.74, 6) is -0.732. The third-order valence-electron chi connectivity index (χ3n) is 3.61. The molecular weight excluding hydrogens is 350 g/mol. The Bertz CT molecular complexity index is 789. The van der Waals surface area contributed by atoms with Crippen molar-refractivity contribution in [2.24, 2.45) is 5.73 Å². The predicted octanol–water partition coefficient (Wildman–Crippen LogP) is 2.79. The van der Waals surface area contributed by atoms with Crippen LogP contribution >= 0.6 is 11.8 Å². The molecular formula is C19H21N3O3S. The highest BCUT2D eigenvalue weighted by atomic mass is 32.2. The number of aryl methyl sites for hydroxylation is 1. The molecule has 7 heteroatoms. The summed E-state index contributed by atoms with van der Waals surface area (Å²) in [6.07, 6.45) is 0. The van der Waals surface area contributed by atoms with Crippen LogP contribution in [0.2, 0.25) is 0 Å². The molecule has 0 radical (unpaired) electrons. The molecule has 2 aromatic rings. The van der Waals surface area contributed by atoms with Gasteiger partial charge in [-0.2, -0.15) is 0 Å². The molecule has 6 nitrogen and oxygen atoms in total. The molecule has 0 saturated heterocycles. The van der Waals surface area contributed by atoms with E-state index in [1.54, 1.807) is 31.2 Å². The van der Waals surface area contributed by atoms with Crippen molar-refractivity contribution in [2.75, 3.05) is 16.4 Å². The Kier molecular flexibility index (Phi) is 6.80. The van der Waals surface area contributed by atoms with E-state index in [1.807, 2.05) is 31.2 Å². The molecule has 0 aliphatic rings. The number of hydrogen-bond donors (Lipinski definition) is 3. The first-order valence-electron chi connectivity index (χ1n) is 8.04. The average molecular weight is 371 g/mol. The Balaban J connectivity index is 1.79. The van der Waals surface area contributed by atoms with E-state index in [0.29, 0.717) is 11.3 Å². The maximum Gasteiger partial charge on any atom is 0.248 e. The molecule has 3 amide bonds. The number of hydrogen-bond acceptors (Lipinski definition) is 4. The van der Waals surface area contributed by atoms with Gasteiger partial charge in [-0.15, -0.1) is 11.8 Å². The number of rotatable bonds is 7. The van der Waals surface area contributed by atoms with Gasteiger partial charge in [-0.05, 0) is 50.2 Å². The fourth-order valence-electron chi connectivity index (χ4n) is 2.07. The number of carbonyl (C=O) groups is 3. The first-order chi connectivity index (χ1) is 12.3. The van der Waals surface area contributed by atoms with Crippen molar-refractivity contribution in [1.29, 1.82) is 0 Å². The lowest BCUT2D eigenvalue weighted by Gasteiger charge is -2.12. The van der Waals surface area contributed by atoms with Gasteiger partial charge in [0, 0.05) is 16.9 Å². The highest BCUT2D eigenvalue weighted by Gasteiger charge is 2.15. The maximum absolute atomic E-state index is 12.2. The van der Waals surface area contributed by atoms with Crippen LogP contribution in [0.15, 0.2) is 48.5 Å². The molecule has 0 bridgehead atoms. The molecule has 136 valence electrons. The Labute approximate surface area is 156 Å². The van der Waals surface area contributed by atoms with E-state index in [1.165, 1.54) is 11.8 Å². The summed E-state index contributed by atoms with van der Waals surface area (Å²) in [5, 5.41) is 5.13. The summed E-state index contributed by atoms with van der Waals surface area (Å²) in [7, 11) is 0. The number of anilines is 2. The topological polar surface area (TPSA) is 101 Å². The van der Waals surface area contributed by atoms with E-state index in [9.17, 15) is 14.4 Å². The van der Waals surface area contributed by atoms with Gasteiger partial charge < -0.3 is 16.4 Å². The third kappa shape index (κ3) is 5.93. The second-order valence-corrected chi connectivity index (χ2v) is 7.13. The zero-order valence-electron chi connectivity index (χ0n) is 14.6. The first kappa shape index (κ1) is 19.5. The van der Waals surface area contributed by atoms with Crippen LogP contribution in [-0.2, 0) is 9.59 Å². The highest BCUT2D eigenvalue weighted by Crippen LogP contribution is 2.16. The number of carbonyl (C=O) groups excluding carboxylic acids is 3. The smallest absolute Gasteiger partial charge is 0.248 e. The van der Waals surface area contributed by atoms with Crippen LogP contribution in [0.3, 0.4) is 0 Å². The molecule has 1 atom stereocenters. The van der Waals surface area contributed by atoms with Crippen molar-refractivity contribution in [2.45, 2.75) is 19.1 Å². The van der Waals surface area contributed by atoms with Crippen LogP contribution < -0.4 is 16.4 Å². The van der Waals surface area contributed by atoms with Gasteiger partial charge >= 0.3 is 0 Å². The van der Waals surface area contributed by atoms with Gasteiger partial charge in [0.1, 0.15) is 0 Å². The second kappa shape index (κ2) is 9.05. The van der Waals surface area contributed by atoms with Crippen LogP contribution in [0.5, 0.6) is 0 Å². The molecule has 0 aliphatic heterocycles. The van der Waals surface area contributed by atoms with E-state index >= 15 is 0 Å². The lowest BCUT2D eigenvalue weighted by atomic mass is 10.2. The van der Waals surface area contributed by atoms with Crippen LogP contribution in [0.1, 0.15) is 22.8 Å². The predicted molar refractivity (Wildman–Crippen MR) is 105 cm³/mol. The van der Waals surface area contributed by atoms with Crippen molar-refractivity contribution in [3.05, 3.63) is 59.7 Å². The normalized spacial score (nSPS) is 11.5. The van der Waals surface area contributed by atoms with Gasteiger partial charge in [0.15, 0.2) is 0 Å². The molecule has 0 aliphatic carbocycles. The molecule has 2 aromatic carbocycles. The zero-order valence-corrected chi connectivity index (χ0v) is 15.4. The maximum atomic E-state index is 12.2. The first-order valence-corrected chi connectivity index (χ1v) is 9.09. The van der Waals surface area contributed by atoms with Crippen molar-refractivity contribution in [3.63, 3.8) is 0 Å². The summed E-state index contributed by atoms with van der Waals surface area (Å²) in [6.45, 7) is 3.71. The summed E-state index contributed by atoms with van der Waals surface area (Å²) in [4.78, 5) is 35.2. The molecule has 0 spiro atoms. The number of primary amides is 1. The summed E-state index contributed by atoms with van der Waals surface area (Å²) < 4.78 is 0. The van der Waals surface area contributed by atoms with E-state index in [0.717, 1.165) is 11.3 Å². The lowest BCUT2D eigenvalue weighted by molar-refractivity contribution is -0.115. The van der Waals surface area contributed by atoms with Gasteiger partial charge in [-0.1, -0.05) is 17.7 Å². The lowest BCUT2D eigenvalue weighted by Crippen LogP contribution is -2.25. The number of benzene rings is 2. The van der Waals surface area contributed by atoms with E-state index in [2.05, 4.69) is 10.6 Å². The van der Waals surface area contributed by atoms with Gasteiger partial charge in [0.25, 0.3) is 0 Å². The van der Waals surface area contributed by atoms with Crippen LogP contribution in [0.25, 0.3) is 0 Å². The quantitative estimate of drug-likeness (QED) is 0.696. The Morgan fingerprint density at radius 3 is 2.08 bits per heavy atom. The molecule has 0 saturated carbocycles. The van der Waals surface area contributed by atoms with Crippen molar-refractivity contribution in [1.82, 2.24) is 0 Å². The number of thioether (sulfide) groups is 1. The Morgan fingerprint density at radius 2 is 1.50 bits per heavy atom. The molecule has 2 rings (SSSR count). The molecule has 0 aromatic heterocycles. The molecule has 4 N–H and O–H groups in total.